The lowest BCUT2D eigenvalue weighted by Gasteiger charge is -2.05. The molecule has 1 N–H and O–H groups in total. The number of fused-ring (bicyclic) bond motifs is 1. The Hall–Kier alpha value is -2.62. The number of carbonyl (C=O) groups excluding carboxylic acids is 1. The average molecular weight is 294 g/mol. The molecule has 0 saturated heterocycles. The molecular formula is C18H18N2O2. The van der Waals surface area contributed by atoms with Crippen LogP contribution in [0, 0.1) is 6.92 Å². The van der Waals surface area contributed by atoms with Crippen molar-refractivity contribution in [1.29, 1.82) is 0 Å². The SMILES string of the molecule is CCc1ccc(NC(=O)Cc2noc3ccc(C)cc23)cc1. The van der Waals surface area contributed by atoms with Crippen molar-refractivity contribution in [3.8, 4) is 0 Å². The van der Waals surface area contributed by atoms with Crippen molar-refractivity contribution in [3.05, 3.63) is 59.3 Å². The highest BCUT2D eigenvalue weighted by atomic mass is 16.5. The summed E-state index contributed by atoms with van der Waals surface area (Å²) in [5.41, 5.74) is 4.54. The van der Waals surface area contributed by atoms with Gasteiger partial charge in [-0.3, -0.25) is 4.79 Å². The number of anilines is 1. The molecule has 22 heavy (non-hydrogen) atoms. The number of nitrogens with zero attached hydrogens (tertiary/aromatic N) is 1. The third-order valence-corrected chi connectivity index (χ3v) is 3.67. The van der Waals surface area contributed by atoms with Crippen LogP contribution in [0.25, 0.3) is 11.0 Å². The van der Waals surface area contributed by atoms with E-state index in [2.05, 4.69) is 17.4 Å². The number of aryl methyl sites for hydroxylation is 2. The fourth-order valence-electron chi connectivity index (χ4n) is 2.41. The summed E-state index contributed by atoms with van der Waals surface area (Å²) in [5, 5.41) is 7.80. The summed E-state index contributed by atoms with van der Waals surface area (Å²) in [7, 11) is 0. The van der Waals surface area contributed by atoms with Crippen molar-refractivity contribution >= 4 is 22.6 Å². The van der Waals surface area contributed by atoms with E-state index >= 15 is 0 Å². The fourth-order valence-corrected chi connectivity index (χ4v) is 2.41. The van der Waals surface area contributed by atoms with Gasteiger partial charge in [-0.15, -0.1) is 0 Å². The molecule has 4 nitrogen and oxygen atoms in total. The number of amides is 1. The Morgan fingerprint density at radius 1 is 1.18 bits per heavy atom. The molecule has 0 atom stereocenters. The lowest BCUT2D eigenvalue weighted by Crippen LogP contribution is -2.14. The Morgan fingerprint density at radius 3 is 2.68 bits per heavy atom. The van der Waals surface area contributed by atoms with E-state index in [1.807, 2.05) is 49.4 Å². The van der Waals surface area contributed by atoms with Gasteiger partial charge >= 0.3 is 0 Å². The van der Waals surface area contributed by atoms with Crippen LogP contribution in [0.3, 0.4) is 0 Å². The van der Waals surface area contributed by atoms with Crippen molar-refractivity contribution in [1.82, 2.24) is 5.16 Å². The number of hydrogen-bond donors (Lipinski definition) is 1. The summed E-state index contributed by atoms with van der Waals surface area (Å²) in [6, 6.07) is 13.7. The molecule has 4 heteroatoms. The smallest absolute Gasteiger partial charge is 0.230 e. The van der Waals surface area contributed by atoms with Gasteiger partial charge in [0, 0.05) is 11.1 Å². The van der Waals surface area contributed by atoms with Gasteiger partial charge in [0.2, 0.25) is 5.91 Å². The van der Waals surface area contributed by atoms with E-state index in [1.165, 1.54) is 5.56 Å². The van der Waals surface area contributed by atoms with Crippen LogP contribution in [0.15, 0.2) is 47.0 Å². The fraction of sp³-hybridized carbons (Fsp3) is 0.222. The molecule has 112 valence electrons. The first-order valence-electron chi connectivity index (χ1n) is 7.39. The van der Waals surface area contributed by atoms with Gasteiger partial charge in [0.15, 0.2) is 5.58 Å². The van der Waals surface area contributed by atoms with E-state index in [0.29, 0.717) is 11.3 Å². The summed E-state index contributed by atoms with van der Waals surface area (Å²) in [5.74, 6) is -0.0963. The second-order valence-corrected chi connectivity index (χ2v) is 5.40. The molecule has 0 aliphatic heterocycles. The molecule has 1 amide bonds. The van der Waals surface area contributed by atoms with Gasteiger partial charge < -0.3 is 9.84 Å². The molecule has 0 fully saturated rings. The molecule has 0 bridgehead atoms. The second kappa shape index (κ2) is 6.02. The van der Waals surface area contributed by atoms with Gasteiger partial charge in [-0.2, -0.15) is 0 Å². The maximum absolute atomic E-state index is 12.2. The minimum atomic E-state index is -0.0963. The predicted molar refractivity (Wildman–Crippen MR) is 86.9 cm³/mol. The first-order chi connectivity index (χ1) is 10.7. The van der Waals surface area contributed by atoms with Gasteiger partial charge in [0.05, 0.1) is 6.42 Å². The Labute approximate surface area is 129 Å². The number of rotatable bonds is 4. The van der Waals surface area contributed by atoms with Crippen LogP contribution in [0.4, 0.5) is 5.69 Å². The first kappa shape index (κ1) is 14.3. The molecule has 0 spiro atoms. The molecule has 3 rings (SSSR count). The number of benzene rings is 2. The van der Waals surface area contributed by atoms with Crippen molar-refractivity contribution in [3.63, 3.8) is 0 Å². The van der Waals surface area contributed by atoms with Gasteiger partial charge in [0.25, 0.3) is 0 Å². The van der Waals surface area contributed by atoms with Crippen LogP contribution in [0.2, 0.25) is 0 Å². The van der Waals surface area contributed by atoms with E-state index in [1.54, 1.807) is 0 Å². The van der Waals surface area contributed by atoms with Gasteiger partial charge in [-0.05, 0) is 43.2 Å². The van der Waals surface area contributed by atoms with Crippen molar-refractivity contribution in [2.75, 3.05) is 5.32 Å². The standard InChI is InChI=1S/C18H18N2O2/c1-3-13-5-7-14(8-6-13)19-18(21)11-16-15-10-12(2)4-9-17(15)22-20-16/h4-10H,3,11H2,1-2H3,(H,19,21). The minimum absolute atomic E-state index is 0.0963. The van der Waals surface area contributed by atoms with E-state index < -0.39 is 0 Å². The number of hydrogen-bond acceptors (Lipinski definition) is 3. The highest BCUT2D eigenvalue weighted by Crippen LogP contribution is 2.20. The third kappa shape index (κ3) is 3.01. The molecular weight excluding hydrogens is 276 g/mol. The van der Waals surface area contributed by atoms with Crippen LogP contribution >= 0.6 is 0 Å². The Morgan fingerprint density at radius 2 is 1.95 bits per heavy atom. The molecule has 0 aliphatic rings. The molecule has 1 aromatic heterocycles. The highest BCUT2D eigenvalue weighted by molar-refractivity contribution is 5.94. The maximum atomic E-state index is 12.2. The molecule has 1 heterocycles. The predicted octanol–water partition coefficient (Wildman–Crippen LogP) is 3.88. The lowest BCUT2D eigenvalue weighted by atomic mass is 10.1. The van der Waals surface area contributed by atoms with Crippen LogP contribution in [0.1, 0.15) is 23.7 Å². The maximum Gasteiger partial charge on any atom is 0.230 e. The molecule has 3 aromatic rings. The lowest BCUT2D eigenvalue weighted by molar-refractivity contribution is -0.115. The third-order valence-electron chi connectivity index (χ3n) is 3.67. The van der Waals surface area contributed by atoms with Crippen molar-refractivity contribution < 1.29 is 9.32 Å². The van der Waals surface area contributed by atoms with E-state index in [0.717, 1.165) is 23.1 Å². The largest absolute Gasteiger partial charge is 0.356 e. The quantitative estimate of drug-likeness (QED) is 0.794. The minimum Gasteiger partial charge on any atom is -0.356 e. The summed E-state index contributed by atoms with van der Waals surface area (Å²) in [4.78, 5) is 12.2. The zero-order valence-electron chi connectivity index (χ0n) is 12.7. The van der Waals surface area contributed by atoms with Crippen molar-refractivity contribution in [2.24, 2.45) is 0 Å². The monoisotopic (exact) mass is 294 g/mol. The number of carbonyl (C=O) groups is 1. The summed E-state index contributed by atoms with van der Waals surface area (Å²) in [6.07, 6.45) is 1.19. The Bertz CT molecular complexity index is 804. The highest BCUT2D eigenvalue weighted by Gasteiger charge is 2.12. The number of nitrogens with one attached hydrogen (secondary N) is 1. The molecule has 2 aromatic carbocycles. The van der Waals surface area contributed by atoms with Crippen LogP contribution in [-0.4, -0.2) is 11.1 Å². The first-order valence-corrected chi connectivity index (χ1v) is 7.39. The van der Waals surface area contributed by atoms with Crippen LogP contribution < -0.4 is 5.32 Å². The second-order valence-electron chi connectivity index (χ2n) is 5.40. The van der Waals surface area contributed by atoms with Gasteiger partial charge in [-0.1, -0.05) is 35.8 Å². The van der Waals surface area contributed by atoms with E-state index in [-0.39, 0.29) is 12.3 Å². The van der Waals surface area contributed by atoms with E-state index in [4.69, 9.17) is 4.52 Å². The average Bonchev–Trinajstić information content (AvgIpc) is 2.90. The topological polar surface area (TPSA) is 55.1 Å². The van der Waals surface area contributed by atoms with Gasteiger partial charge in [0.1, 0.15) is 5.69 Å². The Kier molecular flexibility index (Phi) is 3.92. The zero-order valence-corrected chi connectivity index (χ0v) is 12.7. The molecule has 0 aliphatic carbocycles. The Balaban J connectivity index is 1.73. The van der Waals surface area contributed by atoms with E-state index in [9.17, 15) is 4.79 Å². The number of aromatic nitrogens is 1. The summed E-state index contributed by atoms with van der Waals surface area (Å²) >= 11 is 0. The van der Waals surface area contributed by atoms with Crippen LogP contribution in [-0.2, 0) is 17.6 Å². The molecule has 0 saturated carbocycles. The zero-order chi connectivity index (χ0) is 15.5. The normalized spacial score (nSPS) is 10.8. The molecule has 0 unspecified atom stereocenters. The summed E-state index contributed by atoms with van der Waals surface area (Å²) in [6.45, 7) is 4.11. The summed E-state index contributed by atoms with van der Waals surface area (Å²) < 4.78 is 5.26. The van der Waals surface area contributed by atoms with Crippen molar-refractivity contribution in [2.45, 2.75) is 26.7 Å². The molecule has 0 radical (unpaired) electrons. The van der Waals surface area contributed by atoms with Crippen LogP contribution in [0.5, 0.6) is 0 Å². The van der Waals surface area contributed by atoms with Gasteiger partial charge in [-0.25, -0.2) is 0 Å².